The molecule has 1 N–H and O–H groups in total. The molecule has 0 aromatic rings. The van der Waals surface area contributed by atoms with Crippen molar-refractivity contribution < 1.29 is 53.9 Å². The Labute approximate surface area is 99.0 Å². The topological polar surface area (TPSA) is 29.5 Å². The Kier molecular flexibility index (Phi) is 6.61. The first-order chi connectivity index (χ1) is 3.83. The largest absolute Gasteiger partial charge is 0.368 e. The van der Waals surface area contributed by atoms with E-state index in [9.17, 15) is 0 Å². The molecule has 1 aliphatic heterocycles. The maximum Gasteiger partial charge on any atom is 0.155 e. The van der Waals surface area contributed by atoms with Gasteiger partial charge < -0.3 is 9.84 Å². The van der Waals surface area contributed by atoms with Gasteiger partial charge in [-0.15, -0.1) is 0 Å². The number of rotatable bonds is 1. The molecule has 1 aliphatic rings. The minimum atomic E-state index is -0.502. The molecular formula is C5H9AcBrO2. The molecule has 2 nitrogen and oxygen atoms in total. The van der Waals surface area contributed by atoms with Crippen molar-refractivity contribution in [2.75, 3.05) is 5.33 Å². The number of hydrogen-bond donors (Lipinski definition) is 1. The first kappa shape index (κ1) is 10.8. The molecule has 0 saturated carbocycles. The van der Waals surface area contributed by atoms with Crippen LogP contribution < -0.4 is 0 Å². The van der Waals surface area contributed by atoms with E-state index in [4.69, 9.17) is 9.84 Å². The molecular weight excluding hydrogens is 399 g/mol. The van der Waals surface area contributed by atoms with Gasteiger partial charge in [-0.2, -0.15) is 0 Å². The van der Waals surface area contributed by atoms with E-state index in [0.29, 0.717) is 0 Å². The zero-order chi connectivity index (χ0) is 5.98. The monoisotopic (exact) mass is 407 g/mol. The van der Waals surface area contributed by atoms with E-state index in [1.54, 1.807) is 0 Å². The minimum absolute atomic E-state index is 0. The summed E-state index contributed by atoms with van der Waals surface area (Å²) in [6.45, 7) is 0. The van der Waals surface area contributed by atoms with Crippen molar-refractivity contribution in [3.05, 3.63) is 0 Å². The maximum absolute atomic E-state index is 8.79. The van der Waals surface area contributed by atoms with Gasteiger partial charge in [-0.1, -0.05) is 15.9 Å². The van der Waals surface area contributed by atoms with Crippen LogP contribution in [0.3, 0.4) is 0 Å². The number of alkyl halides is 1. The van der Waals surface area contributed by atoms with E-state index < -0.39 is 6.29 Å². The third-order valence-electron chi connectivity index (χ3n) is 1.26. The average molecular weight is 408 g/mol. The SMILES string of the molecule is OC1CC[C@@H](CBr)O1.[Ac]. The van der Waals surface area contributed by atoms with E-state index in [-0.39, 0.29) is 50.2 Å². The summed E-state index contributed by atoms with van der Waals surface area (Å²) in [4.78, 5) is 0. The summed E-state index contributed by atoms with van der Waals surface area (Å²) in [6.07, 6.45) is 1.51. The van der Waals surface area contributed by atoms with Crippen molar-refractivity contribution in [2.45, 2.75) is 25.2 Å². The van der Waals surface area contributed by atoms with Gasteiger partial charge >= 0.3 is 0 Å². The summed E-state index contributed by atoms with van der Waals surface area (Å²) in [7, 11) is 0. The van der Waals surface area contributed by atoms with Gasteiger partial charge in [0.25, 0.3) is 0 Å². The molecule has 4 heteroatoms. The summed E-state index contributed by atoms with van der Waals surface area (Å²) in [5, 5.41) is 9.62. The van der Waals surface area contributed by atoms with Crippen molar-refractivity contribution in [3.63, 3.8) is 0 Å². The molecule has 0 aromatic heterocycles. The second-order valence-corrected chi connectivity index (χ2v) is 2.59. The van der Waals surface area contributed by atoms with Crippen molar-refractivity contribution in [3.8, 4) is 0 Å². The Morgan fingerprint density at radius 3 is 2.44 bits per heavy atom. The molecule has 2 atom stereocenters. The van der Waals surface area contributed by atoms with Crippen molar-refractivity contribution in [1.82, 2.24) is 0 Å². The summed E-state index contributed by atoms with van der Waals surface area (Å²) < 4.78 is 5.02. The van der Waals surface area contributed by atoms with E-state index in [0.717, 1.165) is 18.2 Å². The van der Waals surface area contributed by atoms with Gasteiger partial charge in [0.2, 0.25) is 0 Å². The molecule has 0 spiro atoms. The van der Waals surface area contributed by atoms with Crippen LogP contribution in [0.15, 0.2) is 0 Å². The number of halogens is 1. The van der Waals surface area contributed by atoms with Gasteiger partial charge in [-0.3, -0.25) is 0 Å². The Morgan fingerprint density at radius 1 is 1.56 bits per heavy atom. The zero-order valence-electron chi connectivity index (χ0n) is 5.09. The Hall–Kier alpha value is 1.84. The third-order valence-corrected chi connectivity index (χ3v) is 1.98. The fourth-order valence-electron chi connectivity index (χ4n) is 0.800. The molecule has 1 saturated heterocycles. The predicted octanol–water partition coefficient (Wildman–Crippen LogP) is 0.879. The van der Waals surface area contributed by atoms with E-state index in [1.165, 1.54) is 0 Å². The van der Waals surface area contributed by atoms with Gasteiger partial charge in [0.1, 0.15) is 0 Å². The van der Waals surface area contributed by atoms with E-state index in [2.05, 4.69) is 15.9 Å². The third kappa shape index (κ3) is 3.67. The smallest absolute Gasteiger partial charge is 0.155 e. The Bertz CT molecular complexity index is 81.4. The van der Waals surface area contributed by atoms with Crippen LogP contribution >= 0.6 is 15.9 Å². The normalized spacial score (nSPS) is 34.0. The average Bonchev–Trinajstić information content (AvgIpc) is 2.14. The molecule has 1 heterocycles. The first-order valence-corrected chi connectivity index (χ1v) is 3.84. The molecule has 1 rings (SSSR count). The van der Waals surface area contributed by atoms with E-state index >= 15 is 0 Å². The van der Waals surface area contributed by atoms with Crippen LogP contribution in [0.25, 0.3) is 0 Å². The van der Waals surface area contributed by atoms with Gasteiger partial charge in [0.15, 0.2) is 6.29 Å². The van der Waals surface area contributed by atoms with Crippen molar-refractivity contribution >= 4 is 15.9 Å². The predicted molar refractivity (Wildman–Crippen MR) is 33.9 cm³/mol. The standard InChI is InChI=1S/C5H9BrO2.Ac/c6-3-4-1-2-5(7)8-4;/h4-5,7H,1-3H2;/t4-,5?;/m0./s1. The molecule has 0 amide bonds. The van der Waals surface area contributed by atoms with Gasteiger partial charge in [-0.25, -0.2) is 0 Å². The molecule has 9 heavy (non-hydrogen) atoms. The fourth-order valence-corrected chi connectivity index (χ4v) is 1.28. The Balaban J connectivity index is 0.000000640. The van der Waals surface area contributed by atoms with Crippen molar-refractivity contribution in [1.29, 1.82) is 0 Å². The first-order valence-electron chi connectivity index (χ1n) is 2.72. The number of aliphatic hydroxyl groups is 1. The van der Waals surface area contributed by atoms with Crippen LogP contribution in [-0.4, -0.2) is 22.8 Å². The van der Waals surface area contributed by atoms with Crippen LogP contribution in [0, 0.1) is 44.1 Å². The maximum atomic E-state index is 8.79. The second-order valence-electron chi connectivity index (χ2n) is 1.94. The summed E-state index contributed by atoms with van der Waals surface area (Å²) >= 11 is 3.27. The Morgan fingerprint density at radius 2 is 2.22 bits per heavy atom. The molecule has 1 fully saturated rings. The quantitative estimate of drug-likeness (QED) is 0.654. The van der Waals surface area contributed by atoms with Crippen LogP contribution in [0.5, 0.6) is 0 Å². The molecule has 0 aliphatic carbocycles. The van der Waals surface area contributed by atoms with Gasteiger partial charge in [0, 0.05) is 55.8 Å². The fraction of sp³-hybridized carbons (Fsp3) is 1.00. The molecule has 0 aromatic carbocycles. The molecule has 1 radical (unpaired) electrons. The van der Waals surface area contributed by atoms with Crippen LogP contribution in [0.2, 0.25) is 0 Å². The molecule has 0 bridgehead atoms. The van der Waals surface area contributed by atoms with Crippen LogP contribution in [-0.2, 0) is 4.74 Å². The minimum Gasteiger partial charge on any atom is -0.368 e. The number of hydrogen-bond acceptors (Lipinski definition) is 2. The number of ether oxygens (including phenoxy) is 1. The van der Waals surface area contributed by atoms with Crippen LogP contribution in [0.1, 0.15) is 12.8 Å². The second kappa shape index (κ2) is 5.49. The molecule has 51 valence electrons. The number of aliphatic hydroxyl groups excluding tert-OH is 1. The summed E-state index contributed by atoms with van der Waals surface area (Å²) in [5.74, 6) is 0. The summed E-state index contributed by atoms with van der Waals surface area (Å²) in [5.41, 5.74) is 0. The van der Waals surface area contributed by atoms with Crippen LogP contribution in [0.4, 0.5) is 0 Å². The summed E-state index contributed by atoms with van der Waals surface area (Å²) in [6, 6.07) is 0. The van der Waals surface area contributed by atoms with Gasteiger partial charge in [0.05, 0.1) is 6.10 Å². The van der Waals surface area contributed by atoms with Gasteiger partial charge in [-0.05, 0) is 6.42 Å². The van der Waals surface area contributed by atoms with Crippen molar-refractivity contribution in [2.24, 2.45) is 0 Å². The van der Waals surface area contributed by atoms with E-state index in [1.807, 2.05) is 0 Å². The zero-order valence-corrected chi connectivity index (χ0v) is 11.4. The molecule has 1 unspecified atom stereocenters.